The molecule has 0 saturated carbocycles. The molecule has 1 aromatic heterocycles. The molecule has 0 spiro atoms. The van der Waals surface area contributed by atoms with Crippen LogP contribution in [-0.2, 0) is 23.9 Å². The maximum Gasteiger partial charge on any atom is 0.308 e. The van der Waals surface area contributed by atoms with E-state index in [1.807, 2.05) is 26.0 Å². The van der Waals surface area contributed by atoms with Gasteiger partial charge in [-0.1, -0.05) is 55.8 Å². The van der Waals surface area contributed by atoms with Gasteiger partial charge in [0.05, 0.1) is 23.2 Å². The molecule has 12 heteroatoms. The van der Waals surface area contributed by atoms with E-state index in [2.05, 4.69) is 37.6 Å². The number of aliphatic hydroxyl groups excluding tert-OH is 1. The number of ether oxygens (including phenoxy) is 1. The van der Waals surface area contributed by atoms with Gasteiger partial charge in [-0.15, -0.1) is 0 Å². The molecule has 1 aliphatic heterocycles. The number of aromatic amines is 1. The van der Waals surface area contributed by atoms with Crippen LogP contribution in [-0.4, -0.2) is 69.0 Å². The molecule has 2 heterocycles. The standard InChI is InChI=1S/C36H45BrN4O7/c1-19-15-20(2)17-22(4)48-29(43)18-28(24-11-13-25(42)14-12-24)40-35(46)31(41(6)36(47)23(5)38-34(45)21(3)16-19)32(44)30-26-9-7-8-10-27(26)39-33(30)37/h7-15,20-23,28,31-32,39,42,44H,16-18H2,1-6H3,(H,38,45)(H,40,46)/b19-15+/t20-,21-,22-,23-,28+,31?,32?/m0/s1. The monoisotopic (exact) mass is 724 g/mol. The number of amides is 3. The predicted octanol–water partition coefficient (Wildman–Crippen LogP) is 5.19. The van der Waals surface area contributed by atoms with Crippen molar-refractivity contribution in [2.45, 2.75) is 84.2 Å². The van der Waals surface area contributed by atoms with Crippen LogP contribution < -0.4 is 10.6 Å². The van der Waals surface area contributed by atoms with Crippen molar-refractivity contribution < 1.29 is 34.1 Å². The normalized spacial score (nSPS) is 27.5. The Balaban J connectivity index is 1.78. The lowest BCUT2D eigenvalue weighted by Crippen LogP contribution is -2.56. The summed E-state index contributed by atoms with van der Waals surface area (Å²) in [6, 6.07) is 9.83. The summed E-state index contributed by atoms with van der Waals surface area (Å²) in [7, 11) is 1.40. The second-order valence-electron chi connectivity index (χ2n) is 13.0. The van der Waals surface area contributed by atoms with Crippen molar-refractivity contribution in [2.75, 3.05) is 7.05 Å². The predicted molar refractivity (Wildman–Crippen MR) is 186 cm³/mol. The van der Waals surface area contributed by atoms with Gasteiger partial charge in [-0.25, -0.2) is 0 Å². The smallest absolute Gasteiger partial charge is 0.308 e. The second-order valence-corrected chi connectivity index (χ2v) is 13.7. The fourth-order valence-corrected chi connectivity index (χ4v) is 7.05. The van der Waals surface area contributed by atoms with Crippen LogP contribution in [0.2, 0.25) is 0 Å². The summed E-state index contributed by atoms with van der Waals surface area (Å²) in [5.41, 5.74) is 2.57. The number of halogens is 1. The number of fused-ring (bicyclic) bond motifs is 1. The third-order valence-corrected chi connectivity index (χ3v) is 9.34. The number of rotatable bonds is 3. The van der Waals surface area contributed by atoms with Gasteiger partial charge in [0.1, 0.15) is 23.9 Å². The number of phenols is 1. The van der Waals surface area contributed by atoms with E-state index in [0.29, 0.717) is 39.5 Å². The number of phenolic OH excluding ortho intramolecular Hbond substituents is 1. The molecule has 0 bridgehead atoms. The number of nitrogens with zero attached hydrogens (tertiary/aromatic N) is 1. The first-order valence-corrected chi connectivity index (χ1v) is 16.9. The van der Waals surface area contributed by atoms with Crippen LogP contribution in [0.25, 0.3) is 10.9 Å². The maximum absolute atomic E-state index is 14.3. The van der Waals surface area contributed by atoms with Gasteiger partial charge < -0.3 is 35.5 Å². The Labute approximate surface area is 289 Å². The molecule has 0 aliphatic carbocycles. The number of carbonyl (C=O) groups excluding carboxylic acids is 4. The van der Waals surface area contributed by atoms with Gasteiger partial charge in [0.15, 0.2) is 0 Å². The van der Waals surface area contributed by atoms with Crippen molar-refractivity contribution >= 4 is 50.5 Å². The van der Waals surface area contributed by atoms with Crippen molar-refractivity contribution in [3.05, 3.63) is 75.9 Å². The quantitative estimate of drug-likeness (QED) is 0.184. The number of likely N-dealkylation sites (N-methyl/N-ethyl adjacent to an activating group) is 1. The Morgan fingerprint density at radius 2 is 1.60 bits per heavy atom. The lowest BCUT2D eigenvalue weighted by molar-refractivity contribution is -0.150. The Morgan fingerprint density at radius 1 is 0.938 bits per heavy atom. The zero-order valence-electron chi connectivity index (χ0n) is 28.1. The van der Waals surface area contributed by atoms with Gasteiger partial charge in [0, 0.05) is 29.4 Å². The Hall–Kier alpha value is -4.16. The SMILES string of the molecule is C/C1=C\[C@H](C)C[C@H](C)OC(=O)C[C@H](c2ccc(O)cc2)NC(=O)C(C(O)c2c(Br)[nH]c3ccccc23)N(C)C(=O)[C@H](C)NC(=O)[C@@H](C)C1. The molecule has 48 heavy (non-hydrogen) atoms. The minimum atomic E-state index is -1.54. The van der Waals surface area contributed by atoms with Crippen molar-refractivity contribution in [2.24, 2.45) is 11.8 Å². The number of nitrogens with one attached hydrogen (secondary N) is 3. The van der Waals surface area contributed by atoms with Crippen molar-refractivity contribution in [1.29, 1.82) is 0 Å². The first kappa shape index (κ1) is 36.7. The molecule has 1 aliphatic rings. The highest BCUT2D eigenvalue weighted by atomic mass is 79.9. The van der Waals surface area contributed by atoms with Crippen molar-refractivity contribution in [3.63, 3.8) is 0 Å². The largest absolute Gasteiger partial charge is 0.508 e. The minimum Gasteiger partial charge on any atom is -0.508 e. The minimum absolute atomic E-state index is 0.00267. The molecule has 5 N–H and O–H groups in total. The lowest BCUT2D eigenvalue weighted by Gasteiger charge is -2.34. The number of hydrogen-bond acceptors (Lipinski definition) is 7. The molecule has 2 unspecified atom stereocenters. The molecule has 0 saturated heterocycles. The third kappa shape index (κ3) is 8.84. The van der Waals surface area contributed by atoms with E-state index in [9.17, 15) is 29.4 Å². The van der Waals surface area contributed by atoms with Gasteiger partial charge in [0.2, 0.25) is 17.7 Å². The van der Waals surface area contributed by atoms with Crippen molar-refractivity contribution in [1.82, 2.24) is 20.5 Å². The molecular weight excluding hydrogens is 680 g/mol. The summed E-state index contributed by atoms with van der Waals surface area (Å²) in [6.07, 6.45) is 0.846. The second kappa shape index (κ2) is 15.8. The number of benzene rings is 2. The average Bonchev–Trinajstić information content (AvgIpc) is 3.35. The van der Waals surface area contributed by atoms with E-state index in [0.717, 1.165) is 10.5 Å². The number of esters is 1. The molecule has 258 valence electrons. The zero-order chi connectivity index (χ0) is 35.3. The number of para-hydroxylation sites is 1. The lowest BCUT2D eigenvalue weighted by atomic mass is 9.95. The zero-order valence-corrected chi connectivity index (χ0v) is 29.7. The highest BCUT2D eigenvalue weighted by Gasteiger charge is 2.39. The number of aromatic nitrogens is 1. The van der Waals surface area contributed by atoms with E-state index in [-0.39, 0.29) is 24.0 Å². The first-order valence-electron chi connectivity index (χ1n) is 16.1. The fraction of sp³-hybridized carbons (Fsp3) is 0.444. The maximum atomic E-state index is 14.3. The number of aromatic hydroxyl groups is 1. The fourth-order valence-electron chi connectivity index (χ4n) is 6.39. The van der Waals surface area contributed by atoms with E-state index >= 15 is 0 Å². The van der Waals surface area contributed by atoms with Crippen LogP contribution in [0.1, 0.15) is 77.2 Å². The van der Waals surface area contributed by atoms with E-state index in [1.165, 1.54) is 26.1 Å². The Bertz CT molecular complexity index is 1670. The van der Waals surface area contributed by atoms with Crippen LogP contribution in [0.3, 0.4) is 0 Å². The van der Waals surface area contributed by atoms with Gasteiger partial charge in [-0.3, -0.25) is 19.2 Å². The van der Waals surface area contributed by atoms with Crippen LogP contribution in [0.4, 0.5) is 0 Å². The van der Waals surface area contributed by atoms with Crippen LogP contribution in [0.5, 0.6) is 5.75 Å². The molecule has 3 aromatic rings. The molecule has 0 fully saturated rings. The molecule has 11 nitrogen and oxygen atoms in total. The number of H-pyrrole nitrogens is 1. The van der Waals surface area contributed by atoms with Gasteiger partial charge >= 0.3 is 5.97 Å². The van der Waals surface area contributed by atoms with E-state index < -0.39 is 54.0 Å². The molecule has 7 atom stereocenters. The number of carbonyl (C=O) groups is 4. The van der Waals surface area contributed by atoms with Gasteiger partial charge in [0.25, 0.3) is 0 Å². The summed E-state index contributed by atoms with van der Waals surface area (Å²) < 4.78 is 6.19. The first-order chi connectivity index (χ1) is 22.7. The highest BCUT2D eigenvalue weighted by molar-refractivity contribution is 9.10. The highest BCUT2D eigenvalue weighted by Crippen LogP contribution is 2.35. The average molecular weight is 726 g/mol. The van der Waals surface area contributed by atoms with Gasteiger partial charge in [-0.05, 0) is 79.2 Å². The van der Waals surface area contributed by atoms with Crippen LogP contribution in [0, 0.1) is 11.8 Å². The summed E-state index contributed by atoms with van der Waals surface area (Å²) in [6.45, 7) is 9.07. The number of cyclic esters (lactones) is 1. The third-order valence-electron chi connectivity index (χ3n) is 8.72. The van der Waals surface area contributed by atoms with E-state index in [4.69, 9.17) is 4.74 Å². The number of allylic oxidation sites excluding steroid dienone is 2. The van der Waals surface area contributed by atoms with Crippen LogP contribution >= 0.6 is 15.9 Å². The van der Waals surface area contributed by atoms with Crippen LogP contribution in [0.15, 0.2) is 64.8 Å². The molecule has 3 amide bonds. The number of hydrogen-bond donors (Lipinski definition) is 5. The summed E-state index contributed by atoms with van der Waals surface area (Å²) >= 11 is 3.48. The summed E-state index contributed by atoms with van der Waals surface area (Å²) in [4.78, 5) is 59.0. The van der Waals surface area contributed by atoms with Gasteiger partial charge in [-0.2, -0.15) is 0 Å². The summed E-state index contributed by atoms with van der Waals surface area (Å²) in [5.74, 6) is -2.60. The summed E-state index contributed by atoms with van der Waals surface area (Å²) in [5, 5.41) is 28.2. The van der Waals surface area contributed by atoms with E-state index in [1.54, 1.807) is 38.1 Å². The molecular formula is C36H45BrN4O7. The molecule has 0 radical (unpaired) electrons. The van der Waals surface area contributed by atoms with Crippen molar-refractivity contribution in [3.8, 4) is 5.75 Å². The molecule has 2 aromatic carbocycles. The molecule has 4 rings (SSSR count). The Morgan fingerprint density at radius 3 is 2.29 bits per heavy atom. The number of aliphatic hydroxyl groups is 1. The Kier molecular flexibility index (Phi) is 12.1. The topological polar surface area (TPSA) is 161 Å².